The van der Waals surface area contributed by atoms with Crippen molar-refractivity contribution >= 4 is 29.3 Å². The molecule has 0 aromatic heterocycles. The van der Waals surface area contributed by atoms with Crippen LogP contribution in [-0.4, -0.2) is 19.3 Å². The summed E-state index contributed by atoms with van der Waals surface area (Å²) in [6.07, 6.45) is 2.90. The minimum atomic E-state index is -0.609. The summed E-state index contributed by atoms with van der Waals surface area (Å²) in [5, 5.41) is 1.09. The van der Waals surface area contributed by atoms with Crippen LogP contribution in [0.4, 0.5) is 0 Å². The molecule has 0 N–H and O–H groups in total. The molecule has 0 radical (unpaired) electrons. The highest BCUT2D eigenvalue weighted by Crippen LogP contribution is 2.40. The average molecular weight is 272 g/mol. The van der Waals surface area contributed by atoms with Crippen molar-refractivity contribution < 1.29 is 9.53 Å². The van der Waals surface area contributed by atoms with Crippen LogP contribution in [0.25, 0.3) is 0 Å². The fraction of sp³-hybridized carbons (Fsp3) is 0.417. The van der Waals surface area contributed by atoms with Crippen LogP contribution in [0.5, 0.6) is 0 Å². The van der Waals surface area contributed by atoms with Gasteiger partial charge < -0.3 is 4.74 Å². The lowest BCUT2D eigenvalue weighted by Gasteiger charge is -2.33. The smallest absolute Gasteiger partial charge is 0.235 e. The van der Waals surface area contributed by atoms with Crippen LogP contribution in [0.15, 0.2) is 23.2 Å². The minimum Gasteiger partial charge on any atom is -0.381 e. The van der Waals surface area contributed by atoms with E-state index in [0.29, 0.717) is 36.1 Å². The molecule has 1 heterocycles. The maximum atomic E-state index is 10.6. The Bertz CT molecular complexity index is 464. The van der Waals surface area contributed by atoms with E-state index in [0.717, 1.165) is 5.56 Å². The fourth-order valence-corrected chi connectivity index (χ4v) is 2.69. The second kappa shape index (κ2) is 5.19. The number of ether oxygens (including phenoxy) is 1. The Kier molecular flexibility index (Phi) is 3.85. The first kappa shape index (κ1) is 12.6. The molecule has 0 bridgehead atoms. The number of halogens is 2. The van der Waals surface area contributed by atoms with E-state index in [-0.39, 0.29) is 0 Å². The molecule has 0 saturated carbocycles. The number of hydrogen-bond acceptors (Lipinski definition) is 3. The van der Waals surface area contributed by atoms with E-state index in [4.69, 9.17) is 27.9 Å². The van der Waals surface area contributed by atoms with E-state index in [1.165, 1.54) is 0 Å². The van der Waals surface area contributed by atoms with Crippen LogP contribution in [0.2, 0.25) is 10.0 Å². The van der Waals surface area contributed by atoms with Crippen LogP contribution in [0.1, 0.15) is 18.4 Å². The number of hydrogen-bond donors (Lipinski definition) is 0. The van der Waals surface area contributed by atoms with Crippen molar-refractivity contribution in [1.29, 1.82) is 0 Å². The number of isocyanates is 1. The lowest BCUT2D eigenvalue weighted by Crippen LogP contribution is -2.32. The molecule has 0 aliphatic carbocycles. The molecule has 5 heteroatoms. The molecule has 1 aromatic rings. The first-order valence-corrected chi connectivity index (χ1v) is 6.06. The van der Waals surface area contributed by atoms with Gasteiger partial charge in [0, 0.05) is 36.1 Å². The Morgan fingerprint density at radius 3 is 2.59 bits per heavy atom. The molecular formula is C12H11Cl2NO2. The summed E-state index contributed by atoms with van der Waals surface area (Å²) >= 11 is 12.0. The molecule has 1 aliphatic heterocycles. The van der Waals surface area contributed by atoms with Gasteiger partial charge in [-0.05, 0) is 17.7 Å². The highest BCUT2D eigenvalue weighted by molar-refractivity contribution is 6.35. The molecule has 0 atom stereocenters. The molecule has 2 rings (SSSR count). The zero-order valence-corrected chi connectivity index (χ0v) is 10.6. The predicted molar refractivity (Wildman–Crippen MR) is 66.3 cm³/mol. The quantitative estimate of drug-likeness (QED) is 0.611. The van der Waals surface area contributed by atoms with E-state index < -0.39 is 5.54 Å². The molecule has 3 nitrogen and oxygen atoms in total. The van der Waals surface area contributed by atoms with Crippen LogP contribution < -0.4 is 0 Å². The monoisotopic (exact) mass is 271 g/mol. The fourth-order valence-electron chi connectivity index (χ4n) is 2.10. The van der Waals surface area contributed by atoms with Crippen LogP contribution in [0.3, 0.4) is 0 Å². The third-order valence-electron chi connectivity index (χ3n) is 3.01. The van der Waals surface area contributed by atoms with Gasteiger partial charge in [0.15, 0.2) is 0 Å². The molecule has 17 heavy (non-hydrogen) atoms. The maximum absolute atomic E-state index is 10.6. The van der Waals surface area contributed by atoms with Gasteiger partial charge in [0.2, 0.25) is 6.08 Å². The van der Waals surface area contributed by atoms with E-state index >= 15 is 0 Å². The van der Waals surface area contributed by atoms with E-state index in [1.54, 1.807) is 18.2 Å². The third kappa shape index (κ3) is 2.53. The highest BCUT2D eigenvalue weighted by Gasteiger charge is 2.36. The highest BCUT2D eigenvalue weighted by atomic mass is 35.5. The van der Waals surface area contributed by atoms with Gasteiger partial charge in [-0.25, -0.2) is 4.79 Å². The van der Waals surface area contributed by atoms with Crippen molar-refractivity contribution in [2.75, 3.05) is 13.2 Å². The molecule has 0 spiro atoms. The van der Waals surface area contributed by atoms with E-state index in [9.17, 15) is 4.79 Å². The van der Waals surface area contributed by atoms with Crippen LogP contribution in [0, 0.1) is 0 Å². The van der Waals surface area contributed by atoms with Gasteiger partial charge in [-0.15, -0.1) is 0 Å². The second-order valence-corrected chi connectivity index (χ2v) is 4.81. The van der Waals surface area contributed by atoms with Gasteiger partial charge in [0.1, 0.15) is 5.54 Å². The lowest BCUT2D eigenvalue weighted by molar-refractivity contribution is 0.0532. The molecule has 1 aliphatic rings. The summed E-state index contributed by atoms with van der Waals surface area (Å²) in [4.78, 5) is 14.6. The van der Waals surface area contributed by atoms with Gasteiger partial charge in [-0.1, -0.05) is 29.3 Å². The van der Waals surface area contributed by atoms with Crippen molar-refractivity contribution in [2.24, 2.45) is 4.99 Å². The Labute approximate surface area is 109 Å². The van der Waals surface area contributed by atoms with Crippen LogP contribution in [-0.2, 0) is 15.1 Å². The van der Waals surface area contributed by atoms with Gasteiger partial charge in [-0.2, -0.15) is 4.99 Å². The Hall–Kier alpha value is -0.860. The zero-order chi connectivity index (χ0) is 12.3. The van der Waals surface area contributed by atoms with Crippen molar-refractivity contribution in [1.82, 2.24) is 0 Å². The maximum Gasteiger partial charge on any atom is 0.235 e. The summed E-state index contributed by atoms with van der Waals surface area (Å²) in [5.74, 6) is 0. The molecule has 0 unspecified atom stereocenters. The molecular weight excluding hydrogens is 261 g/mol. The van der Waals surface area contributed by atoms with Gasteiger partial charge >= 0.3 is 0 Å². The predicted octanol–water partition coefficient (Wildman–Crippen LogP) is 3.33. The van der Waals surface area contributed by atoms with Gasteiger partial charge in [-0.3, -0.25) is 0 Å². The first-order chi connectivity index (χ1) is 8.18. The van der Waals surface area contributed by atoms with Crippen molar-refractivity contribution in [3.8, 4) is 0 Å². The minimum absolute atomic E-state index is 0.526. The second-order valence-electron chi connectivity index (χ2n) is 3.97. The Morgan fingerprint density at radius 1 is 1.29 bits per heavy atom. The Morgan fingerprint density at radius 2 is 2.00 bits per heavy atom. The molecule has 1 fully saturated rings. The Balaban J connectivity index is 2.48. The van der Waals surface area contributed by atoms with E-state index in [2.05, 4.69) is 4.99 Å². The average Bonchev–Trinajstić information content (AvgIpc) is 2.30. The largest absolute Gasteiger partial charge is 0.381 e. The first-order valence-electron chi connectivity index (χ1n) is 5.30. The van der Waals surface area contributed by atoms with Crippen molar-refractivity contribution in [3.05, 3.63) is 33.8 Å². The van der Waals surface area contributed by atoms with Gasteiger partial charge in [0.25, 0.3) is 0 Å². The topological polar surface area (TPSA) is 38.7 Å². The number of rotatable bonds is 2. The SMILES string of the molecule is O=C=NC1(c2ccc(Cl)cc2Cl)CCOCC1. The van der Waals surface area contributed by atoms with Crippen LogP contribution >= 0.6 is 23.2 Å². The van der Waals surface area contributed by atoms with Crippen molar-refractivity contribution in [2.45, 2.75) is 18.4 Å². The summed E-state index contributed by atoms with van der Waals surface area (Å²) < 4.78 is 5.30. The van der Waals surface area contributed by atoms with E-state index in [1.807, 2.05) is 6.07 Å². The standard InChI is InChI=1S/C12H11Cl2NO2/c13-9-1-2-10(11(14)7-9)12(15-8-16)3-5-17-6-4-12/h1-2,7H,3-6H2. The summed E-state index contributed by atoms with van der Waals surface area (Å²) in [7, 11) is 0. The summed E-state index contributed by atoms with van der Waals surface area (Å²) in [6.45, 7) is 1.12. The van der Waals surface area contributed by atoms with Gasteiger partial charge in [0.05, 0.1) is 0 Å². The molecule has 0 amide bonds. The molecule has 1 saturated heterocycles. The molecule has 1 aromatic carbocycles. The summed E-state index contributed by atoms with van der Waals surface area (Å²) in [6, 6.07) is 5.23. The summed E-state index contributed by atoms with van der Waals surface area (Å²) in [5.41, 5.74) is 0.206. The number of aliphatic imine (C=N–C) groups is 1. The lowest BCUT2D eigenvalue weighted by atomic mass is 9.83. The normalized spacial score (nSPS) is 18.5. The molecule has 90 valence electrons. The van der Waals surface area contributed by atoms with Crippen molar-refractivity contribution in [3.63, 3.8) is 0 Å². The zero-order valence-electron chi connectivity index (χ0n) is 9.08. The number of benzene rings is 1. The number of nitrogens with zero attached hydrogens (tertiary/aromatic N) is 1. The number of carbonyl (C=O) groups excluding carboxylic acids is 1. The third-order valence-corrected chi connectivity index (χ3v) is 3.56.